The largest absolute Gasteiger partial charge is 0.381 e. The molecule has 0 radical (unpaired) electrons. The molecule has 0 saturated carbocycles. The molecule has 2 aromatic carbocycles. The quantitative estimate of drug-likeness (QED) is 0.625. The molecule has 2 aromatic rings. The van der Waals surface area contributed by atoms with E-state index in [1.54, 1.807) is 12.1 Å². The van der Waals surface area contributed by atoms with Crippen LogP contribution < -0.4 is 5.32 Å². The molecule has 0 bridgehead atoms. The van der Waals surface area contributed by atoms with Crippen molar-refractivity contribution in [3.8, 4) is 0 Å². The van der Waals surface area contributed by atoms with Gasteiger partial charge in [-0.1, -0.05) is 23.7 Å². The first-order valence-electron chi connectivity index (χ1n) is 5.90. The molecule has 0 aromatic heterocycles. The fraction of sp³-hybridized carbons (Fsp3) is 0.143. The number of anilines is 1. The van der Waals surface area contributed by atoms with E-state index in [2.05, 4.69) is 21.2 Å². The maximum atomic E-state index is 10.8. The van der Waals surface area contributed by atoms with Gasteiger partial charge in [0.15, 0.2) is 0 Å². The van der Waals surface area contributed by atoms with Crippen molar-refractivity contribution in [1.29, 1.82) is 0 Å². The third-order valence-electron chi connectivity index (χ3n) is 2.90. The number of nitrogens with zero attached hydrogens (tertiary/aromatic N) is 1. The fourth-order valence-electron chi connectivity index (χ4n) is 1.76. The fourth-order valence-corrected chi connectivity index (χ4v) is 2.30. The lowest BCUT2D eigenvalue weighted by Gasteiger charge is -2.10. The zero-order valence-corrected chi connectivity index (χ0v) is 13.0. The minimum atomic E-state index is -0.399. The number of nitro groups is 1. The molecule has 0 heterocycles. The van der Waals surface area contributed by atoms with Gasteiger partial charge in [0.2, 0.25) is 0 Å². The number of halogens is 2. The second kappa shape index (κ2) is 6.24. The number of aryl methyl sites for hydroxylation is 1. The lowest BCUT2D eigenvalue weighted by atomic mass is 10.1. The lowest BCUT2D eigenvalue weighted by molar-refractivity contribution is -0.384. The molecule has 4 nitrogen and oxygen atoms in total. The van der Waals surface area contributed by atoms with E-state index >= 15 is 0 Å². The highest BCUT2D eigenvalue weighted by atomic mass is 79.9. The van der Waals surface area contributed by atoms with Gasteiger partial charge in [0.25, 0.3) is 5.69 Å². The summed E-state index contributed by atoms with van der Waals surface area (Å²) in [5, 5.41) is 14.6. The molecule has 0 unspecified atom stereocenters. The van der Waals surface area contributed by atoms with Gasteiger partial charge in [-0.15, -0.1) is 0 Å². The molecule has 0 fully saturated rings. The van der Waals surface area contributed by atoms with E-state index in [1.165, 1.54) is 6.07 Å². The molecular formula is C14H12BrClN2O2. The summed E-state index contributed by atoms with van der Waals surface area (Å²) in [6.45, 7) is 2.47. The molecule has 2 rings (SSSR count). The highest BCUT2D eigenvalue weighted by Crippen LogP contribution is 2.25. The molecular weight excluding hydrogens is 344 g/mol. The van der Waals surface area contributed by atoms with Gasteiger partial charge < -0.3 is 5.32 Å². The van der Waals surface area contributed by atoms with Crippen molar-refractivity contribution >= 4 is 38.9 Å². The van der Waals surface area contributed by atoms with Gasteiger partial charge in [0.1, 0.15) is 0 Å². The van der Waals surface area contributed by atoms with E-state index in [0.29, 0.717) is 11.6 Å². The summed E-state index contributed by atoms with van der Waals surface area (Å²) >= 11 is 9.30. The Morgan fingerprint density at radius 3 is 2.70 bits per heavy atom. The third kappa shape index (κ3) is 3.49. The monoisotopic (exact) mass is 354 g/mol. The Balaban J connectivity index is 2.15. The van der Waals surface area contributed by atoms with Crippen molar-refractivity contribution in [2.24, 2.45) is 0 Å². The van der Waals surface area contributed by atoms with Crippen LogP contribution in [0.1, 0.15) is 11.1 Å². The number of nitro benzene ring substituents is 1. The summed E-state index contributed by atoms with van der Waals surface area (Å²) in [6.07, 6.45) is 0. The Bertz CT molecular complexity index is 662. The van der Waals surface area contributed by atoms with E-state index in [9.17, 15) is 10.1 Å². The van der Waals surface area contributed by atoms with Crippen LogP contribution in [0.5, 0.6) is 0 Å². The Morgan fingerprint density at radius 1 is 1.30 bits per heavy atom. The van der Waals surface area contributed by atoms with Crippen LogP contribution in [0.2, 0.25) is 5.02 Å². The molecule has 0 saturated heterocycles. The van der Waals surface area contributed by atoms with E-state index in [0.717, 1.165) is 21.3 Å². The van der Waals surface area contributed by atoms with Gasteiger partial charge in [-0.3, -0.25) is 10.1 Å². The molecule has 0 spiro atoms. The minimum absolute atomic E-state index is 0.0791. The first kappa shape index (κ1) is 14.8. The van der Waals surface area contributed by atoms with E-state index < -0.39 is 4.92 Å². The van der Waals surface area contributed by atoms with Gasteiger partial charge >= 0.3 is 0 Å². The Hall–Kier alpha value is -1.59. The van der Waals surface area contributed by atoms with Crippen LogP contribution in [0, 0.1) is 17.0 Å². The smallest absolute Gasteiger partial charge is 0.271 e. The highest BCUT2D eigenvalue weighted by Gasteiger charge is 2.08. The highest BCUT2D eigenvalue weighted by molar-refractivity contribution is 9.10. The number of nitrogens with one attached hydrogen (secondary N) is 1. The average molecular weight is 356 g/mol. The summed E-state index contributed by atoms with van der Waals surface area (Å²) < 4.78 is 0.828. The molecule has 0 aliphatic rings. The van der Waals surface area contributed by atoms with E-state index in [-0.39, 0.29) is 5.69 Å². The van der Waals surface area contributed by atoms with Crippen LogP contribution in [0.4, 0.5) is 11.4 Å². The van der Waals surface area contributed by atoms with Gasteiger partial charge in [0, 0.05) is 28.8 Å². The normalized spacial score (nSPS) is 10.3. The van der Waals surface area contributed by atoms with Crippen LogP contribution >= 0.6 is 27.5 Å². The van der Waals surface area contributed by atoms with Crippen molar-refractivity contribution in [1.82, 2.24) is 0 Å². The second-order valence-electron chi connectivity index (χ2n) is 4.36. The maximum Gasteiger partial charge on any atom is 0.271 e. The first-order valence-corrected chi connectivity index (χ1v) is 7.07. The zero-order valence-electron chi connectivity index (χ0n) is 10.7. The summed E-state index contributed by atoms with van der Waals surface area (Å²) in [6, 6.07) is 10.4. The standard InChI is InChI=1S/C14H12BrClN2O2/c1-9-2-4-11(18(19)20)7-14(9)17-8-10-3-5-13(16)12(15)6-10/h2-7,17H,8H2,1H3. The third-order valence-corrected chi connectivity index (χ3v) is 4.11. The van der Waals surface area contributed by atoms with Gasteiger partial charge in [0.05, 0.1) is 9.95 Å². The number of non-ortho nitro benzene ring substituents is 1. The number of rotatable bonds is 4. The number of benzene rings is 2. The molecule has 104 valence electrons. The van der Waals surface area contributed by atoms with Crippen molar-refractivity contribution in [3.05, 3.63) is 67.1 Å². The SMILES string of the molecule is Cc1ccc([N+](=O)[O-])cc1NCc1ccc(Cl)c(Br)c1. The van der Waals surface area contributed by atoms with E-state index in [1.807, 2.05) is 25.1 Å². The molecule has 0 aliphatic heterocycles. The molecule has 0 amide bonds. The van der Waals surface area contributed by atoms with Crippen molar-refractivity contribution in [2.45, 2.75) is 13.5 Å². The van der Waals surface area contributed by atoms with Crippen molar-refractivity contribution in [3.63, 3.8) is 0 Å². The summed E-state index contributed by atoms with van der Waals surface area (Å²) in [5.74, 6) is 0. The predicted octanol–water partition coefficient (Wildman–Crippen LogP) is 4.93. The van der Waals surface area contributed by atoms with Crippen molar-refractivity contribution in [2.75, 3.05) is 5.32 Å². The molecule has 1 N–H and O–H groups in total. The molecule has 0 atom stereocenters. The molecule has 6 heteroatoms. The number of hydrogen-bond acceptors (Lipinski definition) is 3. The van der Waals surface area contributed by atoms with Crippen LogP contribution in [-0.2, 0) is 6.54 Å². The first-order chi connectivity index (χ1) is 9.47. The van der Waals surface area contributed by atoms with Gasteiger partial charge in [-0.25, -0.2) is 0 Å². The van der Waals surface area contributed by atoms with Crippen LogP contribution in [-0.4, -0.2) is 4.92 Å². The molecule has 0 aliphatic carbocycles. The summed E-state index contributed by atoms with van der Waals surface area (Å²) in [5.41, 5.74) is 2.83. The Labute approximate surface area is 130 Å². The predicted molar refractivity (Wildman–Crippen MR) is 84.3 cm³/mol. The lowest BCUT2D eigenvalue weighted by Crippen LogP contribution is -2.02. The Morgan fingerprint density at radius 2 is 2.05 bits per heavy atom. The van der Waals surface area contributed by atoms with Crippen LogP contribution in [0.25, 0.3) is 0 Å². The topological polar surface area (TPSA) is 55.2 Å². The minimum Gasteiger partial charge on any atom is -0.381 e. The number of hydrogen-bond donors (Lipinski definition) is 1. The summed E-state index contributed by atoms with van der Waals surface area (Å²) in [7, 11) is 0. The van der Waals surface area contributed by atoms with E-state index in [4.69, 9.17) is 11.6 Å². The second-order valence-corrected chi connectivity index (χ2v) is 5.62. The van der Waals surface area contributed by atoms with Crippen LogP contribution in [0.3, 0.4) is 0 Å². The maximum absolute atomic E-state index is 10.8. The average Bonchev–Trinajstić information content (AvgIpc) is 2.41. The molecule has 20 heavy (non-hydrogen) atoms. The van der Waals surface area contributed by atoms with Gasteiger partial charge in [-0.05, 0) is 46.1 Å². The zero-order chi connectivity index (χ0) is 14.7. The van der Waals surface area contributed by atoms with Crippen molar-refractivity contribution < 1.29 is 4.92 Å². The summed E-state index contributed by atoms with van der Waals surface area (Å²) in [4.78, 5) is 10.4. The van der Waals surface area contributed by atoms with Gasteiger partial charge in [-0.2, -0.15) is 0 Å². The Kier molecular flexibility index (Phi) is 4.62. The van der Waals surface area contributed by atoms with Crippen LogP contribution in [0.15, 0.2) is 40.9 Å².